The molecule has 2 aliphatic rings. The summed E-state index contributed by atoms with van der Waals surface area (Å²) in [5, 5.41) is 4.11. The first-order chi connectivity index (χ1) is 15.1. The van der Waals surface area contributed by atoms with Crippen LogP contribution in [0.2, 0.25) is 0 Å². The first-order valence-electron chi connectivity index (χ1n) is 10.5. The number of rotatable bonds is 4. The molecule has 0 spiro atoms. The zero-order valence-electron chi connectivity index (χ0n) is 16.9. The SMILES string of the molecule is O=C(c1ccc(F)c(F)c1)N1CCN(c2ccc(-c3noc(C4CCC4)n3)cc2)CC1. The first kappa shape index (κ1) is 19.7. The molecular weight excluding hydrogens is 402 g/mol. The lowest BCUT2D eigenvalue weighted by atomic mass is 9.85. The molecule has 2 fully saturated rings. The minimum atomic E-state index is -1.01. The van der Waals surface area contributed by atoms with Crippen molar-refractivity contribution in [1.29, 1.82) is 0 Å². The molecule has 5 rings (SSSR count). The number of carbonyl (C=O) groups excluding carboxylic acids is 1. The van der Waals surface area contributed by atoms with E-state index in [-0.39, 0.29) is 11.5 Å². The predicted molar refractivity (Wildman–Crippen MR) is 111 cm³/mol. The van der Waals surface area contributed by atoms with Gasteiger partial charge in [-0.1, -0.05) is 11.6 Å². The fourth-order valence-electron chi connectivity index (χ4n) is 3.97. The van der Waals surface area contributed by atoms with Crippen molar-refractivity contribution < 1.29 is 18.1 Å². The Morgan fingerprint density at radius 3 is 2.35 bits per heavy atom. The highest BCUT2D eigenvalue weighted by molar-refractivity contribution is 5.94. The third kappa shape index (κ3) is 3.89. The summed E-state index contributed by atoms with van der Waals surface area (Å²) in [7, 11) is 0. The molecule has 0 N–H and O–H groups in total. The van der Waals surface area contributed by atoms with Crippen LogP contribution in [0.4, 0.5) is 14.5 Å². The molecule has 8 heteroatoms. The number of halogens is 2. The Hall–Kier alpha value is -3.29. The predicted octanol–water partition coefficient (Wildman–Crippen LogP) is 4.24. The molecule has 1 aliphatic carbocycles. The van der Waals surface area contributed by atoms with Gasteiger partial charge in [-0.05, 0) is 55.3 Å². The van der Waals surface area contributed by atoms with Crippen LogP contribution in [0.1, 0.15) is 41.4 Å². The third-order valence-electron chi connectivity index (χ3n) is 6.12. The Balaban J connectivity index is 1.21. The maximum Gasteiger partial charge on any atom is 0.254 e. The zero-order chi connectivity index (χ0) is 21.4. The average molecular weight is 424 g/mol. The Labute approximate surface area is 178 Å². The van der Waals surface area contributed by atoms with Gasteiger partial charge in [0.15, 0.2) is 11.6 Å². The molecule has 1 amide bonds. The maximum absolute atomic E-state index is 13.4. The zero-order valence-corrected chi connectivity index (χ0v) is 16.9. The molecule has 0 radical (unpaired) electrons. The molecule has 0 unspecified atom stereocenters. The fourth-order valence-corrected chi connectivity index (χ4v) is 3.97. The third-order valence-corrected chi connectivity index (χ3v) is 6.12. The van der Waals surface area contributed by atoms with Gasteiger partial charge in [0.1, 0.15) is 0 Å². The highest BCUT2D eigenvalue weighted by atomic mass is 19.2. The summed E-state index contributed by atoms with van der Waals surface area (Å²) >= 11 is 0. The standard InChI is InChI=1S/C23H22F2N4O2/c24-19-9-6-17(14-20(19)25)23(30)29-12-10-28(11-13-29)18-7-4-15(5-8-18)21-26-22(31-27-21)16-2-1-3-16/h4-9,14,16H,1-3,10-13H2. The molecule has 1 saturated carbocycles. The first-order valence-corrected chi connectivity index (χ1v) is 10.5. The van der Waals surface area contributed by atoms with Crippen molar-refractivity contribution in [2.75, 3.05) is 31.1 Å². The summed E-state index contributed by atoms with van der Waals surface area (Å²) in [6.45, 7) is 2.33. The Kier molecular flexibility index (Phi) is 5.13. The maximum atomic E-state index is 13.4. The normalized spacial score (nSPS) is 17.0. The van der Waals surface area contributed by atoms with Gasteiger partial charge in [-0.2, -0.15) is 4.98 Å². The lowest BCUT2D eigenvalue weighted by molar-refractivity contribution is 0.0746. The lowest BCUT2D eigenvalue weighted by Crippen LogP contribution is -2.48. The van der Waals surface area contributed by atoms with Crippen LogP contribution in [0.5, 0.6) is 0 Å². The molecule has 2 aromatic carbocycles. The fraction of sp³-hybridized carbons (Fsp3) is 0.348. The summed E-state index contributed by atoms with van der Waals surface area (Å²) < 4.78 is 32.0. The topological polar surface area (TPSA) is 62.5 Å². The van der Waals surface area contributed by atoms with E-state index in [1.54, 1.807) is 4.90 Å². The second-order valence-corrected chi connectivity index (χ2v) is 8.04. The van der Waals surface area contributed by atoms with E-state index in [1.807, 2.05) is 24.3 Å². The number of carbonyl (C=O) groups is 1. The summed E-state index contributed by atoms with van der Waals surface area (Å²) in [6.07, 6.45) is 3.45. The van der Waals surface area contributed by atoms with Crippen molar-refractivity contribution in [2.45, 2.75) is 25.2 Å². The van der Waals surface area contributed by atoms with Crippen LogP contribution in [0, 0.1) is 11.6 Å². The molecule has 1 aliphatic heterocycles. The van der Waals surface area contributed by atoms with Gasteiger partial charge in [0.2, 0.25) is 11.7 Å². The summed E-state index contributed by atoms with van der Waals surface area (Å²) in [5.41, 5.74) is 2.12. The van der Waals surface area contributed by atoms with Crippen molar-refractivity contribution in [1.82, 2.24) is 15.0 Å². The molecule has 160 valence electrons. The van der Waals surface area contributed by atoms with Crippen LogP contribution in [0.3, 0.4) is 0 Å². The largest absolute Gasteiger partial charge is 0.368 e. The van der Waals surface area contributed by atoms with Crippen molar-refractivity contribution in [3.05, 3.63) is 65.6 Å². The van der Waals surface area contributed by atoms with Gasteiger partial charge in [-0.3, -0.25) is 4.79 Å². The van der Waals surface area contributed by atoms with E-state index < -0.39 is 11.6 Å². The van der Waals surface area contributed by atoms with Crippen molar-refractivity contribution in [2.24, 2.45) is 0 Å². The average Bonchev–Trinajstić information content (AvgIpc) is 3.23. The van der Waals surface area contributed by atoms with E-state index in [0.29, 0.717) is 37.9 Å². The molecule has 0 atom stereocenters. The Bertz CT molecular complexity index is 1090. The number of aromatic nitrogens is 2. The number of piperazine rings is 1. The van der Waals surface area contributed by atoms with Gasteiger partial charge in [-0.25, -0.2) is 8.78 Å². The Morgan fingerprint density at radius 2 is 1.71 bits per heavy atom. The van der Waals surface area contributed by atoms with Crippen LogP contribution < -0.4 is 4.90 Å². The van der Waals surface area contributed by atoms with Crippen LogP contribution in [-0.4, -0.2) is 47.1 Å². The van der Waals surface area contributed by atoms with Crippen LogP contribution in [0.25, 0.3) is 11.4 Å². The quantitative estimate of drug-likeness (QED) is 0.627. The van der Waals surface area contributed by atoms with E-state index in [2.05, 4.69) is 15.0 Å². The molecule has 3 aromatic rings. The van der Waals surface area contributed by atoms with Gasteiger partial charge >= 0.3 is 0 Å². The molecule has 6 nitrogen and oxygen atoms in total. The summed E-state index contributed by atoms with van der Waals surface area (Å²) in [6, 6.07) is 11.2. The molecule has 1 aromatic heterocycles. The number of amides is 1. The van der Waals surface area contributed by atoms with Gasteiger partial charge in [-0.15, -0.1) is 0 Å². The number of benzene rings is 2. The number of hydrogen-bond acceptors (Lipinski definition) is 5. The summed E-state index contributed by atoms with van der Waals surface area (Å²) in [4.78, 5) is 21.0. The van der Waals surface area contributed by atoms with E-state index in [1.165, 1.54) is 12.5 Å². The van der Waals surface area contributed by atoms with Crippen LogP contribution >= 0.6 is 0 Å². The van der Waals surface area contributed by atoms with Gasteiger partial charge < -0.3 is 14.3 Å². The highest BCUT2D eigenvalue weighted by Gasteiger charge is 2.26. The molecule has 0 bridgehead atoms. The summed E-state index contributed by atoms with van der Waals surface area (Å²) in [5.74, 6) is -0.502. The number of hydrogen-bond donors (Lipinski definition) is 0. The monoisotopic (exact) mass is 424 g/mol. The minimum absolute atomic E-state index is 0.165. The number of anilines is 1. The van der Waals surface area contributed by atoms with Crippen LogP contribution in [0.15, 0.2) is 47.0 Å². The molecule has 1 saturated heterocycles. The molecule has 2 heterocycles. The van der Waals surface area contributed by atoms with E-state index >= 15 is 0 Å². The number of nitrogens with zero attached hydrogens (tertiary/aromatic N) is 4. The van der Waals surface area contributed by atoms with E-state index in [9.17, 15) is 13.6 Å². The second-order valence-electron chi connectivity index (χ2n) is 8.04. The van der Waals surface area contributed by atoms with E-state index in [4.69, 9.17) is 4.52 Å². The van der Waals surface area contributed by atoms with E-state index in [0.717, 1.165) is 42.1 Å². The smallest absolute Gasteiger partial charge is 0.254 e. The highest BCUT2D eigenvalue weighted by Crippen LogP contribution is 2.36. The molecule has 31 heavy (non-hydrogen) atoms. The van der Waals surface area contributed by atoms with Crippen LogP contribution in [-0.2, 0) is 0 Å². The van der Waals surface area contributed by atoms with Gasteiger partial charge in [0, 0.05) is 48.9 Å². The van der Waals surface area contributed by atoms with Crippen molar-refractivity contribution in [3.63, 3.8) is 0 Å². The van der Waals surface area contributed by atoms with Gasteiger partial charge in [0.05, 0.1) is 0 Å². The second kappa shape index (κ2) is 8.09. The van der Waals surface area contributed by atoms with Crippen molar-refractivity contribution >= 4 is 11.6 Å². The lowest BCUT2D eigenvalue weighted by Gasteiger charge is -2.36. The van der Waals surface area contributed by atoms with Gasteiger partial charge in [0.25, 0.3) is 5.91 Å². The minimum Gasteiger partial charge on any atom is -0.368 e. The molecular formula is C23H22F2N4O2. The Morgan fingerprint density at radius 1 is 0.968 bits per heavy atom. The van der Waals surface area contributed by atoms with Crippen molar-refractivity contribution in [3.8, 4) is 11.4 Å².